The van der Waals surface area contributed by atoms with E-state index in [9.17, 15) is 0 Å². The number of aromatic nitrogens is 1. The number of nitrogens with zero attached hydrogens (tertiary/aromatic N) is 1. The zero-order valence-corrected chi connectivity index (χ0v) is 9.53. The lowest BCUT2D eigenvalue weighted by Gasteiger charge is -2.01. The molecule has 72 valence electrons. The van der Waals surface area contributed by atoms with Gasteiger partial charge in [-0.2, -0.15) is 0 Å². The molecule has 1 aromatic rings. The second kappa shape index (κ2) is 4.30. The predicted octanol–water partition coefficient (Wildman–Crippen LogP) is 3.82. The van der Waals surface area contributed by atoms with E-state index in [1.165, 1.54) is 10.4 Å². The van der Waals surface area contributed by atoms with Crippen molar-refractivity contribution in [1.29, 1.82) is 0 Å². The van der Waals surface area contributed by atoms with Crippen LogP contribution in [0, 0.1) is 10.4 Å². The fourth-order valence-electron chi connectivity index (χ4n) is 1.05. The lowest BCUT2D eigenvalue weighted by molar-refractivity contribution is 1.23. The van der Waals surface area contributed by atoms with Crippen LogP contribution in [-0.4, -0.2) is 4.98 Å². The second-order valence-electron chi connectivity index (χ2n) is 2.81. The van der Waals surface area contributed by atoms with Crippen molar-refractivity contribution in [3.63, 3.8) is 0 Å². The van der Waals surface area contributed by atoms with Gasteiger partial charge in [-0.25, -0.2) is 4.98 Å². The van der Waals surface area contributed by atoms with Crippen LogP contribution in [0.3, 0.4) is 0 Å². The molecule has 0 bridgehead atoms. The van der Waals surface area contributed by atoms with Gasteiger partial charge in [0.05, 0.1) is 17.1 Å². The van der Waals surface area contributed by atoms with Gasteiger partial charge in [0, 0.05) is 15.6 Å². The summed E-state index contributed by atoms with van der Waals surface area (Å²) in [5, 5.41) is 5.40. The van der Waals surface area contributed by atoms with E-state index < -0.39 is 0 Å². The van der Waals surface area contributed by atoms with Gasteiger partial charge in [-0.15, -0.1) is 22.9 Å². The van der Waals surface area contributed by atoms with Crippen LogP contribution in [0.1, 0.15) is 5.69 Å². The minimum Gasteiger partial charge on any atom is -0.248 e. The fourth-order valence-corrected chi connectivity index (χ4v) is 2.13. The molecule has 0 spiro atoms. The molecule has 0 unspecified atom stereocenters. The molecule has 2 aliphatic carbocycles. The van der Waals surface area contributed by atoms with Crippen LogP contribution >= 0.6 is 34.5 Å². The Hall–Kier alpha value is -0.570. The van der Waals surface area contributed by atoms with Gasteiger partial charge >= 0.3 is 0 Å². The van der Waals surface area contributed by atoms with Gasteiger partial charge in [-0.3, -0.25) is 0 Å². The van der Waals surface area contributed by atoms with Crippen molar-refractivity contribution < 1.29 is 0 Å². The van der Waals surface area contributed by atoms with Crippen molar-refractivity contribution in [2.24, 2.45) is 0 Å². The van der Waals surface area contributed by atoms with E-state index in [1.54, 1.807) is 16.8 Å². The van der Waals surface area contributed by atoms with Crippen LogP contribution in [0.15, 0.2) is 29.1 Å². The summed E-state index contributed by atoms with van der Waals surface area (Å²) in [4.78, 5) is 3.92. The number of rotatable bonds is 1. The van der Waals surface area contributed by atoms with Crippen molar-refractivity contribution in [3.8, 4) is 0 Å². The fraction of sp³-hybridized carbons (Fsp3) is 0.100. The summed E-state index contributed by atoms with van der Waals surface area (Å²) in [5.41, 5.74) is 2.74. The monoisotopic (exact) mass is 243 g/mol. The molecule has 2 aliphatic rings. The highest BCUT2D eigenvalue weighted by Gasteiger charge is 1.99. The number of thiazole rings is 1. The summed E-state index contributed by atoms with van der Waals surface area (Å²) in [6.45, 7) is 0. The number of hydrogen-bond donors (Lipinski definition) is 0. The summed E-state index contributed by atoms with van der Waals surface area (Å²) < 4.78 is 0. The smallest absolute Gasteiger partial charge is 0.0795 e. The number of halogens is 2. The van der Waals surface area contributed by atoms with Gasteiger partial charge in [0.15, 0.2) is 0 Å². The molecule has 1 aromatic heterocycles. The molecular formula is C10H7Cl2NS. The Bertz CT molecular complexity index is 507. The quantitative estimate of drug-likeness (QED) is 0.593. The first kappa shape index (κ1) is 9.97. The maximum atomic E-state index is 5.60. The molecule has 0 fully saturated rings. The van der Waals surface area contributed by atoms with Crippen LogP contribution in [0.5, 0.6) is 0 Å². The molecule has 0 N–H and O–H groups in total. The van der Waals surface area contributed by atoms with Gasteiger partial charge in [0.2, 0.25) is 0 Å². The van der Waals surface area contributed by atoms with Crippen LogP contribution < -0.4 is 0 Å². The Morgan fingerprint density at radius 1 is 1.36 bits per heavy atom. The van der Waals surface area contributed by atoms with Crippen molar-refractivity contribution in [2.75, 3.05) is 0 Å². The predicted molar refractivity (Wildman–Crippen MR) is 60.8 cm³/mol. The van der Waals surface area contributed by atoms with Crippen molar-refractivity contribution in [3.05, 3.63) is 50.2 Å². The second-order valence-corrected chi connectivity index (χ2v) is 4.20. The van der Waals surface area contributed by atoms with E-state index in [-0.39, 0.29) is 0 Å². The molecule has 3 rings (SSSR count). The molecule has 0 saturated carbocycles. The Morgan fingerprint density at radius 2 is 2.21 bits per heavy atom. The zero-order chi connectivity index (χ0) is 9.97. The first-order valence-electron chi connectivity index (χ1n) is 4.04. The number of benzene rings is 1. The minimum atomic E-state index is 0.531. The van der Waals surface area contributed by atoms with Crippen LogP contribution in [0.2, 0.25) is 5.02 Å². The van der Waals surface area contributed by atoms with E-state index in [0.29, 0.717) is 5.88 Å². The third-order valence-electron chi connectivity index (χ3n) is 1.90. The van der Waals surface area contributed by atoms with Gasteiger partial charge in [0.25, 0.3) is 0 Å². The zero-order valence-electron chi connectivity index (χ0n) is 7.21. The summed E-state index contributed by atoms with van der Waals surface area (Å²) in [6, 6.07) is 6.05. The van der Waals surface area contributed by atoms with Crippen molar-refractivity contribution in [1.82, 2.24) is 4.98 Å². The van der Waals surface area contributed by atoms with Crippen LogP contribution in [0.25, 0.3) is 0 Å². The Balaban J connectivity index is 0.000000107. The number of hydrogen-bond acceptors (Lipinski definition) is 2. The average Bonchev–Trinajstić information content (AvgIpc) is 2.67. The van der Waals surface area contributed by atoms with Gasteiger partial charge < -0.3 is 0 Å². The van der Waals surface area contributed by atoms with Gasteiger partial charge in [-0.1, -0.05) is 23.7 Å². The lowest BCUT2D eigenvalue weighted by Crippen LogP contribution is -1.84. The van der Waals surface area contributed by atoms with E-state index in [2.05, 4.69) is 11.1 Å². The van der Waals surface area contributed by atoms with E-state index in [4.69, 9.17) is 23.2 Å². The lowest BCUT2D eigenvalue weighted by atomic mass is 10.1. The van der Waals surface area contributed by atoms with Crippen molar-refractivity contribution in [2.45, 2.75) is 5.88 Å². The maximum Gasteiger partial charge on any atom is 0.0795 e. The Kier molecular flexibility index (Phi) is 3.06. The molecule has 14 heavy (non-hydrogen) atoms. The minimum absolute atomic E-state index is 0.531. The average molecular weight is 244 g/mol. The van der Waals surface area contributed by atoms with Crippen LogP contribution in [0.4, 0.5) is 0 Å². The Labute approximate surface area is 95.6 Å². The molecule has 0 aliphatic heterocycles. The Morgan fingerprint density at radius 3 is 2.36 bits per heavy atom. The van der Waals surface area contributed by atoms with E-state index in [1.807, 2.05) is 17.5 Å². The van der Waals surface area contributed by atoms with Gasteiger partial charge in [-0.05, 0) is 11.3 Å². The highest BCUT2D eigenvalue weighted by atomic mass is 35.5. The molecule has 0 saturated heterocycles. The van der Waals surface area contributed by atoms with Crippen LogP contribution in [-0.2, 0) is 5.88 Å². The normalized spacial score (nSPS) is 10.4. The van der Waals surface area contributed by atoms with Gasteiger partial charge in [0.1, 0.15) is 0 Å². The topological polar surface area (TPSA) is 12.9 Å². The first-order chi connectivity index (χ1) is 6.81. The van der Waals surface area contributed by atoms with E-state index in [0.717, 1.165) is 10.7 Å². The summed E-state index contributed by atoms with van der Waals surface area (Å²) >= 11 is 12.6. The first-order valence-corrected chi connectivity index (χ1v) is 5.90. The third kappa shape index (κ3) is 1.92. The largest absolute Gasteiger partial charge is 0.248 e. The molecule has 1 nitrogen and oxygen atoms in total. The molecule has 0 atom stereocenters. The molecule has 1 heterocycles. The molecule has 0 radical (unpaired) electrons. The third-order valence-corrected chi connectivity index (χ3v) is 3.12. The molecule has 0 aromatic carbocycles. The highest BCUT2D eigenvalue weighted by molar-refractivity contribution is 7.07. The highest BCUT2D eigenvalue weighted by Crippen LogP contribution is 2.20. The molecular weight excluding hydrogens is 237 g/mol. The molecule has 4 heteroatoms. The summed E-state index contributed by atoms with van der Waals surface area (Å²) in [7, 11) is 0. The summed E-state index contributed by atoms with van der Waals surface area (Å²) in [5.74, 6) is 0.531. The summed E-state index contributed by atoms with van der Waals surface area (Å²) in [6.07, 6.45) is 0. The number of alkyl halides is 1. The molecule has 0 amide bonds. The SMILES string of the molecule is ClCc1cscn1.Clc1cc2ccc1=2. The van der Waals surface area contributed by atoms with E-state index >= 15 is 0 Å². The van der Waals surface area contributed by atoms with Crippen molar-refractivity contribution >= 4 is 34.5 Å². The standard InChI is InChI=1S/C6H3Cl.C4H4ClNS/c7-6-3-4-1-2-5(4)6;5-1-4-2-7-3-6-4/h1-3H;2-3H,1H2. The maximum absolute atomic E-state index is 5.60.